The van der Waals surface area contributed by atoms with E-state index in [0.717, 1.165) is 11.3 Å². The van der Waals surface area contributed by atoms with Crippen molar-refractivity contribution in [3.63, 3.8) is 0 Å². The summed E-state index contributed by atoms with van der Waals surface area (Å²) >= 11 is 1.34. The summed E-state index contributed by atoms with van der Waals surface area (Å²) in [5, 5.41) is 14.0. The zero-order valence-corrected chi connectivity index (χ0v) is 11.0. The van der Waals surface area contributed by atoms with Crippen LogP contribution < -0.4 is 5.32 Å². The van der Waals surface area contributed by atoms with Gasteiger partial charge >= 0.3 is 0 Å². The van der Waals surface area contributed by atoms with Gasteiger partial charge < -0.3 is 5.11 Å². The van der Waals surface area contributed by atoms with Crippen LogP contribution in [0.2, 0.25) is 0 Å². The van der Waals surface area contributed by atoms with Crippen LogP contribution in [0.3, 0.4) is 0 Å². The lowest BCUT2D eigenvalue weighted by atomic mass is 10.1. The summed E-state index contributed by atoms with van der Waals surface area (Å²) < 4.78 is 0. The highest BCUT2D eigenvalue weighted by Gasteiger charge is 2.11. The molecule has 1 aromatic carbocycles. The lowest BCUT2D eigenvalue weighted by molar-refractivity contribution is -0.123. The number of amides is 1. The van der Waals surface area contributed by atoms with Gasteiger partial charge in [0.15, 0.2) is 5.13 Å². The number of anilines is 1. The van der Waals surface area contributed by atoms with E-state index in [9.17, 15) is 4.79 Å². The van der Waals surface area contributed by atoms with Crippen LogP contribution in [0.5, 0.6) is 0 Å². The minimum absolute atomic E-state index is 0.445. The molecule has 0 aliphatic carbocycles. The first kappa shape index (κ1) is 12.7. The van der Waals surface area contributed by atoms with E-state index in [1.165, 1.54) is 23.8 Å². The van der Waals surface area contributed by atoms with Crippen LogP contribution in [-0.4, -0.2) is 22.1 Å². The summed E-state index contributed by atoms with van der Waals surface area (Å²) in [6.07, 6.45) is -1.03. The number of benzene rings is 1. The highest BCUT2D eigenvalue weighted by molar-refractivity contribution is 7.14. The fraction of sp³-hybridized carbons (Fsp3) is 0.231. The largest absolute Gasteiger partial charge is 0.384 e. The van der Waals surface area contributed by atoms with Gasteiger partial charge in [-0.05, 0) is 13.8 Å². The number of carbonyl (C=O) groups is 1. The average molecular weight is 262 g/mol. The van der Waals surface area contributed by atoms with Gasteiger partial charge in [-0.2, -0.15) is 0 Å². The predicted molar refractivity (Wildman–Crippen MR) is 72.6 cm³/mol. The Bertz CT molecular complexity index is 546. The number of aromatic nitrogens is 1. The van der Waals surface area contributed by atoms with Gasteiger partial charge in [0.1, 0.15) is 6.10 Å². The number of aliphatic hydroxyl groups excluding tert-OH is 1. The monoisotopic (exact) mass is 262 g/mol. The summed E-state index contributed by atoms with van der Waals surface area (Å²) in [6, 6.07) is 8.01. The third-order valence-corrected chi connectivity index (χ3v) is 3.22. The van der Waals surface area contributed by atoms with Crippen molar-refractivity contribution in [2.75, 3.05) is 5.32 Å². The molecule has 2 N–H and O–H groups in total. The van der Waals surface area contributed by atoms with Crippen LogP contribution in [0.1, 0.15) is 12.5 Å². The molecule has 0 fully saturated rings. The molecular formula is C13H14N2O2S. The molecule has 1 unspecified atom stereocenters. The van der Waals surface area contributed by atoms with Crippen LogP contribution in [-0.2, 0) is 4.79 Å². The minimum Gasteiger partial charge on any atom is -0.384 e. The molecule has 1 aromatic heterocycles. The Balaban J connectivity index is 2.15. The first-order valence-corrected chi connectivity index (χ1v) is 6.46. The Morgan fingerprint density at radius 1 is 1.39 bits per heavy atom. The number of thiazole rings is 1. The molecular weight excluding hydrogens is 248 g/mol. The van der Waals surface area contributed by atoms with Gasteiger partial charge in [-0.3, -0.25) is 10.1 Å². The van der Waals surface area contributed by atoms with Gasteiger partial charge in [0.05, 0.1) is 5.69 Å². The predicted octanol–water partition coefficient (Wildman–Crippen LogP) is 2.44. The van der Waals surface area contributed by atoms with Gasteiger partial charge in [0.2, 0.25) is 0 Å². The van der Waals surface area contributed by atoms with E-state index < -0.39 is 12.0 Å². The molecule has 94 valence electrons. The van der Waals surface area contributed by atoms with Crippen molar-refractivity contribution in [3.8, 4) is 11.3 Å². The van der Waals surface area contributed by atoms with Crippen LogP contribution >= 0.6 is 11.3 Å². The second kappa shape index (κ2) is 5.29. The van der Waals surface area contributed by atoms with Crippen LogP contribution in [0, 0.1) is 6.92 Å². The molecule has 0 radical (unpaired) electrons. The van der Waals surface area contributed by atoms with E-state index in [1.54, 1.807) is 0 Å². The lowest BCUT2D eigenvalue weighted by Crippen LogP contribution is -2.24. The zero-order chi connectivity index (χ0) is 13.1. The average Bonchev–Trinajstić information content (AvgIpc) is 2.78. The smallest absolute Gasteiger partial charge is 0.254 e. The normalized spacial score (nSPS) is 12.2. The van der Waals surface area contributed by atoms with Crippen LogP contribution in [0.15, 0.2) is 29.6 Å². The molecule has 0 bridgehead atoms. The molecule has 0 saturated carbocycles. The number of rotatable bonds is 3. The van der Waals surface area contributed by atoms with Crippen LogP contribution in [0.25, 0.3) is 11.3 Å². The Labute approximate surface area is 109 Å². The molecule has 1 amide bonds. The molecule has 18 heavy (non-hydrogen) atoms. The third-order valence-electron chi connectivity index (χ3n) is 2.46. The molecule has 0 aliphatic rings. The van der Waals surface area contributed by atoms with Crippen LogP contribution in [0.4, 0.5) is 5.13 Å². The second-order valence-corrected chi connectivity index (χ2v) is 4.93. The fourth-order valence-electron chi connectivity index (χ4n) is 1.40. The number of aliphatic hydroxyl groups is 1. The standard InChI is InChI=1S/C13H14N2O2S/c1-8-3-5-10(6-4-8)11-7-18-13(14-11)15-12(17)9(2)16/h3-7,9,16H,1-2H3,(H,14,15,17). The highest BCUT2D eigenvalue weighted by Crippen LogP contribution is 2.25. The first-order chi connectivity index (χ1) is 8.56. The fourth-order valence-corrected chi connectivity index (χ4v) is 2.12. The first-order valence-electron chi connectivity index (χ1n) is 5.58. The number of hydrogen-bond donors (Lipinski definition) is 2. The van der Waals surface area contributed by atoms with Gasteiger partial charge in [-0.1, -0.05) is 29.8 Å². The summed E-state index contributed by atoms with van der Waals surface area (Å²) in [6.45, 7) is 3.45. The zero-order valence-electron chi connectivity index (χ0n) is 10.2. The summed E-state index contributed by atoms with van der Waals surface area (Å²) in [4.78, 5) is 15.6. The van der Waals surface area contributed by atoms with E-state index >= 15 is 0 Å². The van der Waals surface area contributed by atoms with Crippen molar-refractivity contribution in [3.05, 3.63) is 35.2 Å². The van der Waals surface area contributed by atoms with Gasteiger partial charge in [0, 0.05) is 10.9 Å². The summed E-state index contributed by atoms with van der Waals surface area (Å²) in [5.74, 6) is -0.445. The Kier molecular flexibility index (Phi) is 3.74. The SMILES string of the molecule is Cc1ccc(-c2csc(NC(=O)C(C)O)n2)cc1. The van der Waals surface area contributed by atoms with Gasteiger partial charge in [0.25, 0.3) is 5.91 Å². The Morgan fingerprint density at radius 2 is 2.06 bits per heavy atom. The molecule has 1 atom stereocenters. The molecule has 0 spiro atoms. The summed E-state index contributed by atoms with van der Waals surface area (Å²) in [5.41, 5.74) is 3.02. The number of aryl methyl sites for hydroxylation is 1. The molecule has 0 aliphatic heterocycles. The maximum Gasteiger partial charge on any atom is 0.254 e. The van der Waals surface area contributed by atoms with Crippen molar-refractivity contribution in [1.29, 1.82) is 0 Å². The van der Waals surface area contributed by atoms with E-state index in [2.05, 4.69) is 10.3 Å². The molecule has 2 rings (SSSR count). The maximum absolute atomic E-state index is 11.3. The topological polar surface area (TPSA) is 62.2 Å². The molecule has 1 heterocycles. The molecule has 5 heteroatoms. The van der Waals surface area contributed by atoms with E-state index in [4.69, 9.17) is 5.11 Å². The van der Waals surface area contributed by atoms with E-state index in [-0.39, 0.29) is 0 Å². The number of carbonyl (C=O) groups excluding carboxylic acids is 1. The van der Waals surface area contributed by atoms with Crippen molar-refractivity contribution >= 4 is 22.4 Å². The minimum atomic E-state index is -1.03. The van der Waals surface area contributed by atoms with Gasteiger partial charge in [-0.25, -0.2) is 4.98 Å². The maximum atomic E-state index is 11.3. The lowest BCUT2D eigenvalue weighted by Gasteiger charge is -2.02. The number of nitrogens with zero attached hydrogens (tertiary/aromatic N) is 1. The van der Waals surface area contributed by atoms with E-state index in [0.29, 0.717) is 5.13 Å². The van der Waals surface area contributed by atoms with Crippen molar-refractivity contribution in [2.24, 2.45) is 0 Å². The molecule has 0 saturated heterocycles. The van der Waals surface area contributed by atoms with Crippen molar-refractivity contribution < 1.29 is 9.90 Å². The highest BCUT2D eigenvalue weighted by atomic mass is 32.1. The Morgan fingerprint density at radius 3 is 2.67 bits per heavy atom. The van der Waals surface area contributed by atoms with Crippen molar-refractivity contribution in [1.82, 2.24) is 4.98 Å². The quantitative estimate of drug-likeness (QED) is 0.893. The van der Waals surface area contributed by atoms with Gasteiger partial charge in [-0.15, -0.1) is 11.3 Å². The number of hydrogen-bond acceptors (Lipinski definition) is 4. The van der Waals surface area contributed by atoms with E-state index in [1.807, 2.05) is 36.6 Å². The number of nitrogens with one attached hydrogen (secondary N) is 1. The second-order valence-electron chi connectivity index (χ2n) is 4.07. The third kappa shape index (κ3) is 2.94. The molecule has 2 aromatic rings. The summed E-state index contributed by atoms with van der Waals surface area (Å²) in [7, 11) is 0. The van der Waals surface area contributed by atoms with Crippen molar-refractivity contribution in [2.45, 2.75) is 20.0 Å². The molecule has 4 nitrogen and oxygen atoms in total. The Hall–Kier alpha value is -1.72.